The maximum Gasteiger partial charge on any atom is 0.221 e. The van der Waals surface area contributed by atoms with Gasteiger partial charge in [-0.3, -0.25) is 9.69 Å². The number of morpholine rings is 1. The molecule has 2 aromatic carbocycles. The monoisotopic (exact) mass is 493 g/mol. The van der Waals surface area contributed by atoms with Crippen LogP contribution in [-0.4, -0.2) is 60.8 Å². The van der Waals surface area contributed by atoms with Crippen molar-refractivity contribution in [2.45, 2.75) is 19.9 Å². The number of nitrogens with zero attached hydrogens (tertiary/aromatic N) is 3. The minimum atomic E-state index is -0.328. The number of phenolic OH excluding ortho intramolecular Hbond substituents is 1. The summed E-state index contributed by atoms with van der Waals surface area (Å²) in [4.78, 5) is 20.6. The zero-order valence-corrected chi connectivity index (χ0v) is 20.6. The molecule has 1 aliphatic heterocycles. The standard InChI is InChI=1S/C27H32FN5O3/c1-18-3-7-24(22(28)15-18)32(2)20-5-8-25(34)21(16-20)23-6-4-19(27(29)31-23)17-30-26(35)9-10-33-11-13-36-14-12-33/h3-8,15-16,34H,9-14,17H2,1-2H3,(H2,29,31)(H,30,35). The molecule has 8 nitrogen and oxygen atoms in total. The van der Waals surface area contributed by atoms with Crippen LogP contribution in [-0.2, 0) is 16.1 Å². The van der Waals surface area contributed by atoms with Gasteiger partial charge >= 0.3 is 0 Å². The molecule has 0 aliphatic carbocycles. The number of hydrogen-bond acceptors (Lipinski definition) is 7. The van der Waals surface area contributed by atoms with Crippen LogP contribution in [0.4, 0.5) is 21.6 Å². The predicted octanol–water partition coefficient (Wildman–Crippen LogP) is 3.59. The van der Waals surface area contributed by atoms with Gasteiger partial charge in [-0.05, 0) is 48.9 Å². The quantitative estimate of drug-likeness (QED) is 0.441. The minimum absolute atomic E-state index is 0.0348. The first-order chi connectivity index (χ1) is 17.3. The fraction of sp³-hybridized carbons (Fsp3) is 0.333. The number of aryl methyl sites for hydroxylation is 1. The number of anilines is 3. The highest BCUT2D eigenvalue weighted by molar-refractivity contribution is 5.77. The van der Waals surface area contributed by atoms with Crippen molar-refractivity contribution in [3.8, 4) is 17.0 Å². The van der Waals surface area contributed by atoms with Gasteiger partial charge in [0.2, 0.25) is 5.91 Å². The van der Waals surface area contributed by atoms with Gasteiger partial charge in [-0.2, -0.15) is 0 Å². The number of nitrogen functional groups attached to an aromatic ring is 1. The van der Waals surface area contributed by atoms with Crippen molar-refractivity contribution in [1.82, 2.24) is 15.2 Å². The Hall–Kier alpha value is -3.69. The van der Waals surface area contributed by atoms with Crippen molar-refractivity contribution >= 4 is 23.1 Å². The molecule has 36 heavy (non-hydrogen) atoms. The van der Waals surface area contributed by atoms with Crippen LogP contribution in [0.1, 0.15) is 17.5 Å². The Kier molecular flexibility index (Phi) is 8.02. The number of benzene rings is 2. The number of aromatic hydroxyl groups is 1. The fourth-order valence-corrected chi connectivity index (χ4v) is 4.13. The number of pyridine rings is 1. The van der Waals surface area contributed by atoms with Gasteiger partial charge in [0.25, 0.3) is 0 Å². The Morgan fingerprint density at radius 2 is 1.97 bits per heavy atom. The maximum absolute atomic E-state index is 14.5. The predicted molar refractivity (Wildman–Crippen MR) is 139 cm³/mol. The molecular formula is C27H32FN5O3. The second kappa shape index (κ2) is 11.4. The van der Waals surface area contributed by atoms with Gasteiger partial charge in [-0.15, -0.1) is 0 Å². The highest BCUT2D eigenvalue weighted by atomic mass is 19.1. The van der Waals surface area contributed by atoms with Gasteiger partial charge in [0.1, 0.15) is 17.4 Å². The van der Waals surface area contributed by atoms with Crippen molar-refractivity contribution < 1.29 is 19.0 Å². The molecule has 4 rings (SSSR count). The van der Waals surface area contributed by atoms with Gasteiger partial charge in [0.05, 0.1) is 24.6 Å². The second-order valence-electron chi connectivity index (χ2n) is 8.94. The normalized spacial score (nSPS) is 14.0. The van der Waals surface area contributed by atoms with Crippen LogP contribution in [0, 0.1) is 12.7 Å². The number of aromatic nitrogens is 1. The van der Waals surface area contributed by atoms with Gasteiger partial charge < -0.3 is 25.8 Å². The molecule has 1 saturated heterocycles. The number of rotatable bonds is 8. The molecule has 1 fully saturated rings. The molecule has 0 spiro atoms. The van der Waals surface area contributed by atoms with Crippen molar-refractivity contribution in [3.05, 3.63) is 65.5 Å². The van der Waals surface area contributed by atoms with E-state index in [0.717, 1.165) is 18.7 Å². The topological polar surface area (TPSA) is 104 Å². The Bertz CT molecular complexity index is 1230. The van der Waals surface area contributed by atoms with Crippen LogP contribution < -0.4 is 16.0 Å². The highest BCUT2D eigenvalue weighted by Crippen LogP contribution is 2.35. The number of carbonyl (C=O) groups excluding carboxylic acids is 1. The molecular weight excluding hydrogens is 461 g/mol. The van der Waals surface area contributed by atoms with Gasteiger partial charge in [0, 0.05) is 56.5 Å². The number of ether oxygens (including phenoxy) is 1. The lowest BCUT2D eigenvalue weighted by Gasteiger charge is -2.26. The summed E-state index contributed by atoms with van der Waals surface area (Å²) in [6.45, 7) is 5.88. The third kappa shape index (κ3) is 6.10. The SMILES string of the molecule is Cc1ccc(N(C)c2ccc(O)c(-c3ccc(CNC(=O)CCN4CCOCC4)c(N)n3)c2)c(F)c1. The first-order valence-electron chi connectivity index (χ1n) is 12.0. The van der Waals surface area contributed by atoms with Crippen LogP contribution in [0.2, 0.25) is 0 Å². The molecule has 190 valence electrons. The molecule has 1 aromatic heterocycles. The summed E-state index contributed by atoms with van der Waals surface area (Å²) in [5.74, 6) is -0.0798. The molecule has 0 saturated carbocycles. The Morgan fingerprint density at radius 3 is 2.69 bits per heavy atom. The zero-order chi connectivity index (χ0) is 25.7. The van der Waals surface area contributed by atoms with E-state index in [4.69, 9.17) is 10.5 Å². The van der Waals surface area contributed by atoms with E-state index in [1.54, 1.807) is 48.3 Å². The molecule has 4 N–H and O–H groups in total. The molecule has 1 amide bonds. The summed E-state index contributed by atoms with van der Waals surface area (Å²) in [7, 11) is 1.76. The average molecular weight is 494 g/mol. The first-order valence-corrected chi connectivity index (χ1v) is 12.0. The molecule has 9 heteroatoms. The Labute approximate surface area is 210 Å². The van der Waals surface area contributed by atoms with Gasteiger partial charge in [0.15, 0.2) is 0 Å². The lowest BCUT2D eigenvalue weighted by atomic mass is 10.1. The number of hydrogen-bond donors (Lipinski definition) is 3. The maximum atomic E-state index is 14.5. The molecule has 2 heterocycles. The number of phenols is 1. The summed E-state index contributed by atoms with van der Waals surface area (Å²) in [5.41, 5.74) is 9.76. The number of nitrogens with one attached hydrogen (secondary N) is 1. The van der Waals surface area contributed by atoms with Crippen LogP contribution in [0.5, 0.6) is 5.75 Å². The Morgan fingerprint density at radius 1 is 1.19 bits per heavy atom. The molecule has 3 aromatic rings. The molecule has 0 radical (unpaired) electrons. The van der Waals surface area contributed by atoms with E-state index in [2.05, 4.69) is 15.2 Å². The largest absolute Gasteiger partial charge is 0.507 e. The molecule has 0 bridgehead atoms. The van der Waals surface area contributed by atoms with Gasteiger partial charge in [-0.1, -0.05) is 12.1 Å². The number of halogens is 1. The average Bonchev–Trinajstić information content (AvgIpc) is 2.87. The van der Waals surface area contributed by atoms with E-state index in [-0.39, 0.29) is 29.8 Å². The smallest absolute Gasteiger partial charge is 0.221 e. The molecule has 1 aliphatic rings. The molecule has 0 unspecified atom stereocenters. The van der Waals surface area contributed by atoms with Crippen molar-refractivity contribution in [2.75, 3.05) is 50.5 Å². The summed E-state index contributed by atoms with van der Waals surface area (Å²) in [6, 6.07) is 13.6. The van der Waals surface area contributed by atoms with Crippen LogP contribution >= 0.6 is 0 Å². The minimum Gasteiger partial charge on any atom is -0.507 e. The van der Waals surface area contributed by atoms with E-state index in [0.29, 0.717) is 54.4 Å². The van der Waals surface area contributed by atoms with Gasteiger partial charge in [-0.25, -0.2) is 9.37 Å². The van der Waals surface area contributed by atoms with E-state index in [1.807, 2.05) is 13.0 Å². The van der Waals surface area contributed by atoms with Crippen LogP contribution in [0.3, 0.4) is 0 Å². The zero-order valence-electron chi connectivity index (χ0n) is 20.6. The summed E-state index contributed by atoms with van der Waals surface area (Å²) in [5, 5.41) is 13.4. The van der Waals surface area contributed by atoms with E-state index in [1.165, 1.54) is 6.07 Å². The van der Waals surface area contributed by atoms with E-state index < -0.39 is 0 Å². The van der Waals surface area contributed by atoms with Crippen molar-refractivity contribution in [2.24, 2.45) is 0 Å². The number of nitrogens with two attached hydrogens (primary N) is 1. The van der Waals surface area contributed by atoms with Crippen LogP contribution in [0.25, 0.3) is 11.3 Å². The highest BCUT2D eigenvalue weighted by Gasteiger charge is 2.15. The van der Waals surface area contributed by atoms with Crippen molar-refractivity contribution in [3.63, 3.8) is 0 Å². The first kappa shape index (κ1) is 25.4. The summed E-state index contributed by atoms with van der Waals surface area (Å²) in [6.07, 6.45) is 0.404. The Balaban J connectivity index is 1.43. The fourth-order valence-electron chi connectivity index (χ4n) is 4.13. The third-order valence-corrected chi connectivity index (χ3v) is 6.36. The van der Waals surface area contributed by atoms with E-state index >= 15 is 0 Å². The number of carbonyl (C=O) groups is 1. The molecule has 0 atom stereocenters. The third-order valence-electron chi connectivity index (χ3n) is 6.36. The van der Waals surface area contributed by atoms with Crippen LogP contribution in [0.15, 0.2) is 48.5 Å². The van der Waals surface area contributed by atoms with E-state index in [9.17, 15) is 14.3 Å². The second-order valence-corrected chi connectivity index (χ2v) is 8.94. The summed E-state index contributed by atoms with van der Waals surface area (Å²) >= 11 is 0. The van der Waals surface area contributed by atoms with Crippen molar-refractivity contribution in [1.29, 1.82) is 0 Å². The summed E-state index contributed by atoms with van der Waals surface area (Å²) < 4.78 is 19.8. The number of amides is 1. The lowest BCUT2D eigenvalue weighted by Crippen LogP contribution is -2.38. The lowest BCUT2D eigenvalue weighted by molar-refractivity contribution is -0.121.